The van der Waals surface area contributed by atoms with E-state index < -0.39 is 10.8 Å². The second-order valence-corrected chi connectivity index (χ2v) is 6.89. The Morgan fingerprint density at radius 2 is 1.93 bits per heavy atom. The minimum Gasteiger partial charge on any atom is -0.493 e. The highest BCUT2D eigenvalue weighted by atomic mass is 16.6. The van der Waals surface area contributed by atoms with Gasteiger partial charge in [-0.05, 0) is 25.3 Å². The third kappa shape index (κ3) is 3.78. The standard InChI is InChI=1S/C21H24N2O5/c1-3-28-19-12-16(17(23(25)26)13-18(19)27-2)20(24)22-14-21(10-7-11-21)15-8-5-4-6-9-15/h4-6,8-9,12-13H,3,7,10-11,14H2,1-2H3,(H,22,24). The third-order valence-electron chi connectivity index (χ3n) is 5.31. The van der Waals surface area contributed by atoms with Crippen molar-refractivity contribution < 1.29 is 19.2 Å². The van der Waals surface area contributed by atoms with Crippen LogP contribution in [0.1, 0.15) is 42.1 Å². The van der Waals surface area contributed by atoms with Gasteiger partial charge in [-0.25, -0.2) is 0 Å². The highest BCUT2D eigenvalue weighted by Gasteiger charge is 2.39. The average Bonchev–Trinajstić information content (AvgIpc) is 2.67. The monoisotopic (exact) mass is 384 g/mol. The van der Waals surface area contributed by atoms with Crippen molar-refractivity contribution in [2.24, 2.45) is 0 Å². The first-order valence-corrected chi connectivity index (χ1v) is 9.33. The highest BCUT2D eigenvalue weighted by molar-refractivity contribution is 5.99. The maximum Gasteiger partial charge on any atom is 0.286 e. The minimum atomic E-state index is -0.580. The molecule has 0 atom stereocenters. The van der Waals surface area contributed by atoms with Crippen LogP contribution in [0.5, 0.6) is 11.5 Å². The Morgan fingerprint density at radius 1 is 1.21 bits per heavy atom. The molecular weight excluding hydrogens is 360 g/mol. The summed E-state index contributed by atoms with van der Waals surface area (Å²) >= 11 is 0. The van der Waals surface area contributed by atoms with E-state index in [1.54, 1.807) is 6.92 Å². The van der Waals surface area contributed by atoms with Gasteiger partial charge < -0.3 is 14.8 Å². The number of nitrogens with zero attached hydrogens (tertiary/aromatic N) is 1. The van der Waals surface area contributed by atoms with Crippen LogP contribution in [0.4, 0.5) is 5.69 Å². The Bertz CT molecular complexity index is 863. The summed E-state index contributed by atoms with van der Waals surface area (Å²) in [6.07, 6.45) is 3.06. The highest BCUT2D eigenvalue weighted by Crippen LogP contribution is 2.43. The number of nitro groups is 1. The van der Waals surface area contributed by atoms with Crippen LogP contribution in [0.2, 0.25) is 0 Å². The van der Waals surface area contributed by atoms with E-state index in [2.05, 4.69) is 17.4 Å². The van der Waals surface area contributed by atoms with Gasteiger partial charge in [0, 0.05) is 18.0 Å². The summed E-state index contributed by atoms with van der Waals surface area (Å²) in [5.41, 5.74) is 0.735. The third-order valence-corrected chi connectivity index (χ3v) is 5.31. The van der Waals surface area contributed by atoms with Crippen molar-refractivity contribution in [2.45, 2.75) is 31.6 Å². The van der Waals surface area contributed by atoms with Crippen molar-refractivity contribution in [3.63, 3.8) is 0 Å². The zero-order valence-electron chi connectivity index (χ0n) is 16.1. The first kappa shape index (κ1) is 19.7. The molecule has 1 aliphatic rings. The normalized spacial score (nSPS) is 14.6. The smallest absolute Gasteiger partial charge is 0.286 e. The Kier molecular flexibility index (Phi) is 5.82. The molecule has 0 radical (unpaired) electrons. The molecule has 1 fully saturated rings. The van der Waals surface area contributed by atoms with Gasteiger partial charge in [0.1, 0.15) is 5.56 Å². The predicted molar refractivity (Wildman–Crippen MR) is 105 cm³/mol. The molecular formula is C21H24N2O5. The Labute approximate surface area is 163 Å². The molecule has 0 aliphatic heterocycles. The van der Waals surface area contributed by atoms with Crippen LogP contribution in [0.15, 0.2) is 42.5 Å². The number of ether oxygens (including phenoxy) is 2. The van der Waals surface area contributed by atoms with Crippen LogP contribution in [0.3, 0.4) is 0 Å². The van der Waals surface area contributed by atoms with E-state index >= 15 is 0 Å². The van der Waals surface area contributed by atoms with E-state index in [0.29, 0.717) is 18.9 Å². The average molecular weight is 384 g/mol. The second-order valence-electron chi connectivity index (χ2n) is 6.89. The van der Waals surface area contributed by atoms with E-state index in [1.165, 1.54) is 24.8 Å². The summed E-state index contributed by atoms with van der Waals surface area (Å²) < 4.78 is 10.6. The fourth-order valence-electron chi connectivity index (χ4n) is 3.62. The van der Waals surface area contributed by atoms with Gasteiger partial charge in [0.25, 0.3) is 11.6 Å². The van der Waals surface area contributed by atoms with Gasteiger partial charge in [0.05, 0.1) is 24.7 Å². The molecule has 0 saturated heterocycles. The molecule has 0 unspecified atom stereocenters. The molecule has 0 aromatic heterocycles. The fourth-order valence-corrected chi connectivity index (χ4v) is 3.62. The number of methoxy groups -OCH3 is 1. The van der Waals surface area contributed by atoms with Crippen LogP contribution in [-0.2, 0) is 5.41 Å². The number of hydrogen-bond donors (Lipinski definition) is 1. The lowest BCUT2D eigenvalue weighted by Crippen LogP contribution is -2.45. The molecule has 2 aromatic rings. The Morgan fingerprint density at radius 3 is 2.46 bits per heavy atom. The second kappa shape index (κ2) is 8.29. The molecule has 28 heavy (non-hydrogen) atoms. The largest absolute Gasteiger partial charge is 0.493 e. The van der Waals surface area contributed by atoms with E-state index in [-0.39, 0.29) is 22.4 Å². The van der Waals surface area contributed by atoms with Gasteiger partial charge in [0.2, 0.25) is 0 Å². The van der Waals surface area contributed by atoms with Gasteiger partial charge in [-0.3, -0.25) is 14.9 Å². The first-order chi connectivity index (χ1) is 13.5. The van der Waals surface area contributed by atoms with Crippen LogP contribution < -0.4 is 14.8 Å². The zero-order chi connectivity index (χ0) is 20.1. The first-order valence-electron chi connectivity index (χ1n) is 9.33. The number of hydrogen-bond acceptors (Lipinski definition) is 5. The van der Waals surface area contributed by atoms with E-state index in [0.717, 1.165) is 19.3 Å². The maximum absolute atomic E-state index is 12.8. The lowest BCUT2D eigenvalue weighted by Gasteiger charge is -2.42. The molecule has 0 spiro atoms. The van der Waals surface area contributed by atoms with E-state index in [9.17, 15) is 14.9 Å². The summed E-state index contributed by atoms with van der Waals surface area (Å²) in [5, 5.41) is 14.4. The fraction of sp³-hybridized carbons (Fsp3) is 0.381. The lowest BCUT2D eigenvalue weighted by molar-refractivity contribution is -0.385. The molecule has 148 valence electrons. The number of carbonyl (C=O) groups is 1. The molecule has 7 nitrogen and oxygen atoms in total. The van der Waals surface area contributed by atoms with E-state index in [1.807, 2.05) is 18.2 Å². The number of nitrogens with one attached hydrogen (secondary N) is 1. The molecule has 1 aliphatic carbocycles. The topological polar surface area (TPSA) is 90.7 Å². The Balaban J connectivity index is 1.85. The quantitative estimate of drug-likeness (QED) is 0.551. The van der Waals surface area contributed by atoms with Gasteiger partial charge >= 0.3 is 0 Å². The van der Waals surface area contributed by atoms with E-state index in [4.69, 9.17) is 9.47 Å². The minimum absolute atomic E-state index is 0.0308. The maximum atomic E-state index is 12.8. The molecule has 0 heterocycles. The number of amides is 1. The van der Waals surface area contributed by atoms with Gasteiger partial charge in [-0.15, -0.1) is 0 Å². The molecule has 2 aromatic carbocycles. The van der Waals surface area contributed by atoms with Crippen LogP contribution in [-0.4, -0.2) is 31.1 Å². The lowest BCUT2D eigenvalue weighted by atomic mass is 9.64. The number of carbonyl (C=O) groups excluding carboxylic acids is 1. The summed E-state index contributed by atoms with van der Waals surface area (Å²) in [5.74, 6) is 0.0459. The summed E-state index contributed by atoms with van der Waals surface area (Å²) in [6, 6.07) is 12.7. The number of benzene rings is 2. The molecule has 3 rings (SSSR count). The summed E-state index contributed by atoms with van der Waals surface area (Å²) in [7, 11) is 1.40. The van der Waals surface area contributed by atoms with Crippen molar-refractivity contribution in [2.75, 3.05) is 20.3 Å². The molecule has 1 N–H and O–H groups in total. The molecule has 7 heteroatoms. The van der Waals surface area contributed by atoms with Crippen molar-refractivity contribution >= 4 is 11.6 Å². The van der Waals surface area contributed by atoms with Crippen molar-refractivity contribution in [1.82, 2.24) is 5.32 Å². The molecule has 0 bridgehead atoms. The SMILES string of the molecule is CCOc1cc(C(=O)NCC2(c3ccccc3)CCC2)c([N+](=O)[O-])cc1OC. The molecule has 1 saturated carbocycles. The van der Waals surface area contributed by atoms with Crippen LogP contribution in [0.25, 0.3) is 0 Å². The number of rotatable bonds is 8. The Hall–Kier alpha value is -3.09. The van der Waals surface area contributed by atoms with Gasteiger partial charge in [-0.2, -0.15) is 0 Å². The summed E-state index contributed by atoms with van der Waals surface area (Å²) in [6.45, 7) is 2.58. The van der Waals surface area contributed by atoms with Crippen molar-refractivity contribution in [1.29, 1.82) is 0 Å². The predicted octanol–water partition coefficient (Wildman–Crippen LogP) is 3.85. The van der Waals surface area contributed by atoms with Gasteiger partial charge in [0.15, 0.2) is 11.5 Å². The van der Waals surface area contributed by atoms with Gasteiger partial charge in [-0.1, -0.05) is 36.8 Å². The van der Waals surface area contributed by atoms with Crippen molar-refractivity contribution in [3.05, 3.63) is 63.7 Å². The van der Waals surface area contributed by atoms with Crippen LogP contribution in [0, 0.1) is 10.1 Å². The number of nitro benzene ring substituents is 1. The van der Waals surface area contributed by atoms with Crippen molar-refractivity contribution in [3.8, 4) is 11.5 Å². The summed E-state index contributed by atoms with van der Waals surface area (Å²) in [4.78, 5) is 23.7. The zero-order valence-corrected chi connectivity index (χ0v) is 16.1. The van der Waals surface area contributed by atoms with Crippen LogP contribution >= 0.6 is 0 Å². The molecule has 1 amide bonds.